The molecule has 0 saturated heterocycles. The predicted octanol–water partition coefficient (Wildman–Crippen LogP) is 2.03. The second kappa shape index (κ2) is 6.91. The van der Waals surface area contributed by atoms with E-state index in [4.69, 9.17) is 0 Å². The van der Waals surface area contributed by atoms with Crippen LogP contribution in [0.1, 0.15) is 23.2 Å². The van der Waals surface area contributed by atoms with Crippen molar-refractivity contribution >= 4 is 40.4 Å². The molecule has 1 aromatic heterocycles. The Morgan fingerprint density at radius 2 is 1.85 bits per heavy atom. The fourth-order valence-electron chi connectivity index (χ4n) is 3.00. The third-order valence-corrected chi connectivity index (χ3v) is 4.36. The minimum atomic E-state index is -0.786. The number of H-pyrrole nitrogens is 1. The molecule has 136 valence electrons. The van der Waals surface area contributed by atoms with Crippen molar-refractivity contribution in [3.05, 3.63) is 54.1 Å². The van der Waals surface area contributed by atoms with Crippen LogP contribution < -0.4 is 16.0 Å². The monoisotopic (exact) mass is 363 g/mol. The molecule has 1 aliphatic rings. The summed E-state index contributed by atoms with van der Waals surface area (Å²) in [5, 5.41) is 8.07. The van der Waals surface area contributed by atoms with Crippen LogP contribution in [0, 0.1) is 0 Å². The van der Waals surface area contributed by atoms with Crippen LogP contribution in [0.25, 0.3) is 11.0 Å². The molecule has 3 amide bonds. The predicted molar refractivity (Wildman–Crippen MR) is 100 cm³/mol. The van der Waals surface area contributed by atoms with E-state index in [1.54, 1.807) is 24.3 Å². The van der Waals surface area contributed by atoms with Gasteiger partial charge in [0.1, 0.15) is 6.04 Å². The Labute approximate surface area is 154 Å². The van der Waals surface area contributed by atoms with Gasteiger partial charge in [-0.3, -0.25) is 19.7 Å². The summed E-state index contributed by atoms with van der Waals surface area (Å²) in [6.45, 7) is 0. The highest BCUT2D eigenvalue weighted by molar-refractivity contribution is 6.10. The van der Waals surface area contributed by atoms with Gasteiger partial charge in [0.15, 0.2) is 0 Å². The van der Waals surface area contributed by atoms with Crippen molar-refractivity contribution in [3.8, 4) is 0 Å². The number of para-hydroxylation sites is 3. The van der Waals surface area contributed by atoms with E-state index in [9.17, 15) is 14.4 Å². The minimum absolute atomic E-state index is 0.0613. The summed E-state index contributed by atoms with van der Waals surface area (Å²) in [5.41, 5.74) is 2.44. The van der Waals surface area contributed by atoms with Crippen LogP contribution in [-0.4, -0.2) is 33.7 Å². The normalized spacial score (nSPS) is 16.2. The van der Waals surface area contributed by atoms with Gasteiger partial charge in [0.25, 0.3) is 5.91 Å². The van der Waals surface area contributed by atoms with Gasteiger partial charge in [-0.2, -0.15) is 0 Å². The standard InChI is InChI=1S/C19H17N5O3/c25-16(24-19-22-13-7-3-4-8-14(13)23-19)10-9-15-18(27)20-12-6-2-1-5-11(12)17(26)21-15/h1-8,15H,9-10H2,(H,20,27)(H,21,26)(H2,22,23,24,25)/t15-/m1/s1. The third-order valence-electron chi connectivity index (χ3n) is 4.36. The summed E-state index contributed by atoms with van der Waals surface area (Å²) in [7, 11) is 0. The molecule has 1 atom stereocenters. The van der Waals surface area contributed by atoms with E-state index in [1.807, 2.05) is 24.3 Å². The van der Waals surface area contributed by atoms with Crippen LogP contribution >= 0.6 is 0 Å². The van der Waals surface area contributed by atoms with Crippen molar-refractivity contribution in [1.29, 1.82) is 0 Å². The molecule has 0 fully saturated rings. The Bertz CT molecular complexity index is 1010. The summed E-state index contributed by atoms with van der Waals surface area (Å²) in [5.74, 6) is -0.627. The zero-order valence-corrected chi connectivity index (χ0v) is 14.3. The third kappa shape index (κ3) is 3.50. The average molecular weight is 363 g/mol. The summed E-state index contributed by atoms with van der Waals surface area (Å²) in [6, 6.07) is 13.4. The van der Waals surface area contributed by atoms with Crippen LogP contribution in [0.5, 0.6) is 0 Å². The van der Waals surface area contributed by atoms with Crippen LogP contribution in [0.15, 0.2) is 48.5 Å². The van der Waals surface area contributed by atoms with Crippen LogP contribution in [0.2, 0.25) is 0 Å². The molecule has 8 nitrogen and oxygen atoms in total. The van der Waals surface area contributed by atoms with Crippen molar-refractivity contribution in [2.75, 3.05) is 10.6 Å². The highest BCUT2D eigenvalue weighted by atomic mass is 16.2. The number of benzene rings is 2. The maximum absolute atomic E-state index is 12.3. The van der Waals surface area contributed by atoms with Gasteiger partial charge in [-0.25, -0.2) is 4.98 Å². The molecule has 4 N–H and O–H groups in total. The molecule has 0 bridgehead atoms. The molecule has 0 saturated carbocycles. The zero-order valence-electron chi connectivity index (χ0n) is 14.3. The zero-order chi connectivity index (χ0) is 18.8. The fourth-order valence-corrected chi connectivity index (χ4v) is 3.00. The number of fused-ring (bicyclic) bond motifs is 2. The quantitative estimate of drug-likeness (QED) is 0.567. The van der Waals surface area contributed by atoms with Gasteiger partial charge in [-0.15, -0.1) is 0 Å². The summed E-state index contributed by atoms with van der Waals surface area (Å²) in [6.07, 6.45) is 0.239. The van der Waals surface area contributed by atoms with Crippen molar-refractivity contribution < 1.29 is 14.4 Å². The first-order valence-electron chi connectivity index (χ1n) is 8.55. The van der Waals surface area contributed by atoms with Crippen molar-refractivity contribution in [2.24, 2.45) is 0 Å². The topological polar surface area (TPSA) is 116 Å². The van der Waals surface area contributed by atoms with Gasteiger partial charge in [-0.05, 0) is 30.7 Å². The molecule has 1 aliphatic heterocycles. The van der Waals surface area contributed by atoms with Gasteiger partial charge < -0.3 is 15.6 Å². The highest BCUT2D eigenvalue weighted by Gasteiger charge is 2.27. The lowest BCUT2D eigenvalue weighted by molar-refractivity contribution is -0.118. The number of aromatic nitrogens is 2. The average Bonchev–Trinajstić information content (AvgIpc) is 3.02. The first-order valence-corrected chi connectivity index (χ1v) is 8.55. The van der Waals surface area contributed by atoms with Gasteiger partial charge in [0, 0.05) is 6.42 Å². The van der Waals surface area contributed by atoms with E-state index in [1.165, 1.54) is 0 Å². The Kier molecular flexibility index (Phi) is 4.29. The molecular formula is C19H17N5O3. The maximum atomic E-state index is 12.3. The second-order valence-electron chi connectivity index (χ2n) is 6.25. The smallest absolute Gasteiger partial charge is 0.254 e. The number of hydrogen-bond acceptors (Lipinski definition) is 4. The van der Waals surface area contributed by atoms with Crippen LogP contribution in [0.4, 0.5) is 11.6 Å². The fraction of sp³-hybridized carbons (Fsp3) is 0.158. The van der Waals surface area contributed by atoms with Gasteiger partial charge >= 0.3 is 0 Å². The number of carbonyl (C=O) groups excluding carboxylic acids is 3. The molecule has 0 aliphatic carbocycles. The van der Waals surface area contributed by atoms with Crippen molar-refractivity contribution in [2.45, 2.75) is 18.9 Å². The molecule has 8 heteroatoms. The number of rotatable bonds is 4. The Morgan fingerprint density at radius 3 is 2.70 bits per heavy atom. The van der Waals surface area contributed by atoms with Crippen LogP contribution in [-0.2, 0) is 9.59 Å². The molecule has 0 spiro atoms. The van der Waals surface area contributed by atoms with E-state index >= 15 is 0 Å². The Balaban J connectivity index is 1.38. The molecule has 2 aromatic carbocycles. The van der Waals surface area contributed by atoms with Crippen molar-refractivity contribution in [1.82, 2.24) is 15.3 Å². The number of hydrogen-bond donors (Lipinski definition) is 4. The maximum Gasteiger partial charge on any atom is 0.254 e. The number of aromatic amines is 1. The van der Waals surface area contributed by atoms with Gasteiger partial charge in [-0.1, -0.05) is 24.3 Å². The largest absolute Gasteiger partial charge is 0.340 e. The first kappa shape index (κ1) is 16.8. The molecule has 3 aromatic rings. The lowest BCUT2D eigenvalue weighted by Crippen LogP contribution is -2.41. The van der Waals surface area contributed by atoms with Crippen LogP contribution in [0.3, 0.4) is 0 Å². The minimum Gasteiger partial charge on any atom is -0.340 e. The van der Waals surface area contributed by atoms with E-state index < -0.39 is 6.04 Å². The second-order valence-corrected chi connectivity index (χ2v) is 6.25. The van der Waals surface area contributed by atoms with Gasteiger partial charge in [0.05, 0.1) is 22.3 Å². The molecule has 27 heavy (non-hydrogen) atoms. The summed E-state index contributed by atoms with van der Waals surface area (Å²) < 4.78 is 0. The Morgan fingerprint density at radius 1 is 1.07 bits per heavy atom. The number of anilines is 2. The lowest BCUT2D eigenvalue weighted by Gasteiger charge is -2.13. The number of nitrogens with zero attached hydrogens (tertiary/aromatic N) is 1. The number of carbonyl (C=O) groups is 3. The molecule has 4 rings (SSSR count). The van der Waals surface area contributed by atoms with Crippen molar-refractivity contribution in [3.63, 3.8) is 0 Å². The van der Waals surface area contributed by atoms with E-state index in [-0.39, 0.29) is 30.6 Å². The molecule has 2 heterocycles. The van der Waals surface area contributed by atoms with Gasteiger partial charge in [0.2, 0.25) is 17.8 Å². The molecule has 0 radical (unpaired) electrons. The summed E-state index contributed by atoms with van der Waals surface area (Å²) >= 11 is 0. The van der Waals surface area contributed by atoms with E-state index in [0.29, 0.717) is 17.2 Å². The molecular weight excluding hydrogens is 346 g/mol. The molecule has 0 unspecified atom stereocenters. The van der Waals surface area contributed by atoms with E-state index in [0.717, 1.165) is 11.0 Å². The number of amides is 3. The Hall–Kier alpha value is -3.68. The number of imidazole rings is 1. The first-order chi connectivity index (χ1) is 13.1. The number of nitrogens with one attached hydrogen (secondary N) is 4. The highest BCUT2D eigenvalue weighted by Crippen LogP contribution is 2.19. The summed E-state index contributed by atoms with van der Waals surface area (Å²) in [4.78, 5) is 44.1. The SMILES string of the molecule is O=C(CC[C@H]1NC(=O)c2ccccc2NC1=O)Nc1nc2ccccc2[nH]1. The van der Waals surface area contributed by atoms with E-state index in [2.05, 4.69) is 25.9 Å². The lowest BCUT2D eigenvalue weighted by atomic mass is 10.1.